The second kappa shape index (κ2) is 4.28. The van der Waals surface area contributed by atoms with Crippen LogP contribution in [-0.2, 0) is 10.3 Å². The Morgan fingerprint density at radius 1 is 1.53 bits per heavy atom. The lowest BCUT2D eigenvalue weighted by Gasteiger charge is -2.23. The van der Waals surface area contributed by atoms with E-state index >= 15 is 0 Å². The molecular weight excluding hydrogens is 210 g/mol. The van der Waals surface area contributed by atoms with Crippen molar-refractivity contribution in [2.75, 3.05) is 6.54 Å². The normalized spacial score (nSPS) is 11.5. The van der Waals surface area contributed by atoms with Crippen molar-refractivity contribution in [1.29, 1.82) is 0 Å². The van der Waals surface area contributed by atoms with Gasteiger partial charge in [0.1, 0.15) is 5.01 Å². The minimum atomic E-state index is -0.444. The van der Waals surface area contributed by atoms with E-state index in [0.29, 0.717) is 0 Å². The molecule has 0 saturated heterocycles. The first kappa shape index (κ1) is 12.1. The average molecular weight is 227 g/mol. The minimum Gasteiger partial charge on any atom is -0.344 e. The molecule has 1 aromatic heterocycles. The topological polar surface area (TPSA) is 68.0 Å². The Kier molecular flexibility index (Phi) is 3.46. The van der Waals surface area contributed by atoms with Crippen LogP contribution in [0.5, 0.6) is 0 Å². The van der Waals surface area contributed by atoms with Gasteiger partial charge in [0, 0.05) is 4.88 Å². The van der Waals surface area contributed by atoms with E-state index in [0.717, 1.165) is 10.7 Å². The number of hydrogen-bond acceptors (Lipinski definition) is 4. The zero-order chi connectivity index (χ0) is 11.6. The van der Waals surface area contributed by atoms with Crippen molar-refractivity contribution in [2.45, 2.75) is 33.2 Å². The van der Waals surface area contributed by atoms with Gasteiger partial charge in [-0.25, -0.2) is 4.98 Å². The molecule has 0 spiro atoms. The highest BCUT2D eigenvalue weighted by molar-refractivity contribution is 7.11. The predicted molar refractivity (Wildman–Crippen MR) is 61.8 cm³/mol. The Balaban J connectivity index is 2.90. The summed E-state index contributed by atoms with van der Waals surface area (Å²) in [6.45, 7) is 7.86. The number of aromatic nitrogens is 1. The van der Waals surface area contributed by atoms with Gasteiger partial charge in [0.15, 0.2) is 0 Å². The molecule has 0 fully saturated rings. The van der Waals surface area contributed by atoms with E-state index in [4.69, 9.17) is 5.73 Å². The summed E-state index contributed by atoms with van der Waals surface area (Å²) in [6, 6.07) is 0. The number of nitrogens with two attached hydrogens (primary N) is 1. The lowest BCUT2D eigenvalue weighted by Crippen LogP contribution is -2.43. The van der Waals surface area contributed by atoms with Crippen LogP contribution in [0.1, 0.15) is 29.4 Å². The third kappa shape index (κ3) is 2.76. The Bertz CT molecular complexity index is 351. The monoisotopic (exact) mass is 227 g/mol. The molecule has 0 radical (unpaired) electrons. The molecular formula is C10H17N3OS. The molecule has 5 heteroatoms. The van der Waals surface area contributed by atoms with Crippen LogP contribution in [0.3, 0.4) is 0 Å². The van der Waals surface area contributed by atoms with E-state index < -0.39 is 5.54 Å². The van der Waals surface area contributed by atoms with E-state index in [-0.39, 0.29) is 12.5 Å². The number of nitrogens with one attached hydrogen (secondary N) is 1. The van der Waals surface area contributed by atoms with Crippen LogP contribution in [0.4, 0.5) is 0 Å². The van der Waals surface area contributed by atoms with E-state index in [1.165, 1.54) is 4.88 Å². The second-order valence-corrected chi connectivity index (χ2v) is 5.24. The molecule has 3 N–H and O–H groups in total. The third-order valence-electron chi connectivity index (χ3n) is 2.20. The molecule has 0 unspecified atom stereocenters. The average Bonchev–Trinajstić information content (AvgIpc) is 2.47. The first-order valence-corrected chi connectivity index (χ1v) is 5.64. The first-order valence-electron chi connectivity index (χ1n) is 4.82. The van der Waals surface area contributed by atoms with E-state index in [1.54, 1.807) is 11.3 Å². The zero-order valence-electron chi connectivity index (χ0n) is 9.55. The summed E-state index contributed by atoms with van der Waals surface area (Å²) in [5.41, 5.74) is 5.84. The van der Waals surface area contributed by atoms with Crippen LogP contribution in [-0.4, -0.2) is 17.4 Å². The summed E-state index contributed by atoms with van der Waals surface area (Å²) in [7, 11) is 0. The van der Waals surface area contributed by atoms with Gasteiger partial charge in [0.25, 0.3) is 0 Å². The molecule has 0 saturated carbocycles. The predicted octanol–water partition coefficient (Wildman–Crippen LogP) is 1.07. The summed E-state index contributed by atoms with van der Waals surface area (Å²) >= 11 is 1.61. The molecule has 1 amide bonds. The molecule has 1 rings (SSSR count). The van der Waals surface area contributed by atoms with Gasteiger partial charge in [-0.1, -0.05) is 0 Å². The van der Waals surface area contributed by atoms with Crippen molar-refractivity contribution in [3.63, 3.8) is 0 Å². The van der Waals surface area contributed by atoms with E-state index in [1.807, 2.05) is 27.7 Å². The minimum absolute atomic E-state index is 0.00672. The van der Waals surface area contributed by atoms with Gasteiger partial charge in [0.2, 0.25) is 5.91 Å². The number of thiazole rings is 1. The molecule has 0 aliphatic carbocycles. The van der Waals surface area contributed by atoms with Crippen LogP contribution in [0.15, 0.2) is 0 Å². The zero-order valence-corrected chi connectivity index (χ0v) is 10.4. The molecule has 4 nitrogen and oxygen atoms in total. The van der Waals surface area contributed by atoms with Crippen molar-refractivity contribution in [3.05, 3.63) is 15.6 Å². The highest BCUT2D eigenvalue weighted by Crippen LogP contribution is 2.26. The van der Waals surface area contributed by atoms with Crippen molar-refractivity contribution in [1.82, 2.24) is 10.3 Å². The van der Waals surface area contributed by atoms with Gasteiger partial charge in [0.05, 0.1) is 17.8 Å². The van der Waals surface area contributed by atoms with Gasteiger partial charge >= 0.3 is 0 Å². The Morgan fingerprint density at radius 3 is 2.53 bits per heavy atom. The number of carbonyl (C=O) groups excluding carboxylic acids is 1. The van der Waals surface area contributed by atoms with E-state index in [2.05, 4.69) is 10.3 Å². The first-order chi connectivity index (χ1) is 6.86. The summed E-state index contributed by atoms with van der Waals surface area (Å²) in [5, 5.41) is 3.76. The number of aryl methyl sites for hydroxylation is 2. The van der Waals surface area contributed by atoms with Crippen molar-refractivity contribution in [2.24, 2.45) is 5.73 Å². The molecule has 84 valence electrons. The fourth-order valence-corrected chi connectivity index (χ4v) is 2.17. The fraction of sp³-hybridized carbons (Fsp3) is 0.600. The second-order valence-electron chi connectivity index (χ2n) is 4.04. The molecule has 0 aliphatic rings. The highest BCUT2D eigenvalue weighted by Gasteiger charge is 2.26. The van der Waals surface area contributed by atoms with Crippen LogP contribution in [0.2, 0.25) is 0 Å². The van der Waals surface area contributed by atoms with Crippen LogP contribution >= 0.6 is 11.3 Å². The Morgan fingerprint density at radius 2 is 2.13 bits per heavy atom. The quantitative estimate of drug-likeness (QED) is 0.811. The standard InChI is InChI=1S/C10H17N3OS/c1-6-7(2)15-9(12-6)10(3,4)13-8(14)5-11/h5,11H2,1-4H3,(H,13,14). The maximum Gasteiger partial charge on any atom is 0.234 e. The third-order valence-corrected chi connectivity index (χ3v) is 3.60. The maximum atomic E-state index is 11.2. The molecule has 0 aliphatic heterocycles. The number of hydrogen-bond donors (Lipinski definition) is 2. The highest BCUT2D eigenvalue weighted by atomic mass is 32.1. The molecule has 1 heterocycles. The summed E-state index contributed by atoms with van der Waals surface area (Å²) < 4.78 is 0. The van der Waals surface area contributed by atoms with Crippen LogP contribution < -0.4 is 11.1 Å². The van der Waals surface area contributed by atoms with Gasteiger partial charge in [-0.3, -0.25) is 4.79 Å². The van der Waals surface area contributed by atoms with Crippen molar-refractivity contribution >= 4 is 17.2 Å². The summed E-state index contributed by atoms with van der Waals surface area (Å²) in [4.78, 5) is 16.8. The lowest BCUT2D eigenvalue weighted by molar-refractivity contribution is -0.121. The van der Waals surface area contributed by atoms with Crippen LogP contribution in [0, 0.1) is 13.8 Å². The van der Waals surface area contributed by atoms with Gasteiger partial charge in [-0.15, -0.1) is 11.3 Å². The van der Waals surface area contributed by atoms with Gasteiger partial charge < -0.3 is 11.1 Å². The number of nitrogens with zero attached hydrogens (tertiary/aromatic N) is 1. The lowest BCUT2D eigenvalue weighted by atomic mass is 10.1. The van der Waals surface area contributed by atoms with Crippen molar-refractivity contribution in [3.8, 4) is 0 Å². The fourth-order valence-electron chi connectivity index (χ4n) is 1.19. The van der Waals surface area contributed by atoms with E-state index in [9.17, 15) is 4.79 Å². The Labute approximate surface area is 93.9 Å². The largest absolute Gasteiger partial charge is 0.344 e. The number of amides is 1. The molecule has 0 bridgehead atoms. The van der Waals surface area contributed by atoms with Gasteiger partial charge in [-0.05, 0) is 27.7 Å². The van der Waals surface area contributed by atoms with Gasteiger partial charge in [-0.2, -0.15) is 0 Å². The number of carbonyl (C=O) groups is 1. The molecule has 0 atom stereocenters. The molecule has 0 aromatic carbocycles. The number of rotatable bonds is 3. The van der Waals surface area contributed by atoms with Crippen molar-refractivity contribution < 1.29 is 4.79 Å². The van der Waals surface area contributed by atoms with Crippen LogP contribution in [0.25, 0.3) is 0 Å². The summed E-state index contributed by atoms with van der Waals surface area (Å²) in [6.07, 6.45) is 0. The smallest absolute Gasteiger partial charge is 0.234 e. The summed E-state index contributed by atoms with van der Waals surface area (Å²) in [5.74, 6) is -0.162. The Hall–Kier alpha value is -0.940. The maximum absolute atomic E-state index is 11.2. The molecule has 1 aromatic rings. The SMILES string of the molecule is Cc1nc(C(C)(C)NC(=O)CN)sc1C. The molecule has 15 heavy (non-hydrogen) atoms.